The van der Waals surface area contributed by atoms with Crippen LogP contribution in [0.4, 0.5) is 0 Å². The van der Waals surface area contributed by atoms with Gasteiger partial charge in [0.2, 0.25) is 5.75 Å². The van der Waals surface area contributed by atoms with Crippen LogP contribution in [0.3, 0.4) is 0 Å². The second-order valence-electron chi connectivity index (χ2n) is 6.76. The van der Waals surface area contributed by atoms with E-state index in [-0.39, 0.29) is 5.91 Å². The second-order valence-corrected chi connectivity index (χ2v) is 8.52. The van der Waals surface area contributed by atoms with Gasteiger partial charge in [-0.3, -0.25) is 14.7 Å². The third-order valence-electron chi connectivity index (χ3n) is 4.55. The first-order chi connectivity index (χ1) is 15.5. The molecule has 0 radical (unpaired) electrons. The number of hydrogen-bond acceptors (Lipinski definition) is 6. The first-order valence-corrected chi connectivity index (χ1v) is 12.2. The molecule has 6 nitrogen and oxygen atoms in total. The number of amides is 1. The zero-order chi connectivity index (χ0) is 23.1. The number of carbonyl (C=O) groups excluding carboxylic acids is 1. The number of aliphatic imine (C=N–C) groups is 1. The largest absolute Gasteiger partial charge is 0.490 e. The molecule has 1 heterocycles. The third kappa shape index (κ3) is 5.82. The van der Waals surface area contributed by atoms with Crippen molar-refractivity contribution >= 4 is 46.0 Å². The van der Waals surface area contributed by atoms with Crippen LogP contribution in [-0.2, 0) is 5.75 Å². The monoisotopic (exact) mass is 496 g/mol. The van der Waals surface area contributed by atoms with Crippen LogP contribution in [0.5, 0.6) is 17.2 Å². The average Bonchev–Trinajstić information content (AvgIpc) is 3.25. The molecule has 172 valence electrons. The van der Waals surface area contributed by atoms with Crippen molar-refractivity contribution in [3.8, 4) is 17.2 Å². The van der Waals surface area contributed by atoms with E-state index in [0.717, 1.165) is 5.56 Å². The summed E-state index contributed by atoms with van der Waals surface area (Å²) in [6.07, 6.45) is 0. The highest BCUT2D eigenvalue weighted by atomic mass is 35.5. The molecule has 1 amide bonds. The minimum absolute atomic E-state index is 0.159. The molecule has 32 heavy (non-hydrogen) atoms. The molecule has 9 heteroatoms. The number of thioether (sulfide) groups is 1. The van der Waals surface area contributed by atoms with Crippen LogP contribution in [-0.4, -0.2) is 48.9 Å². The van der Waals surface area contributed by atoms with Crippen molar-refractivity contribution in [3.05, 3.63) is 51.5 Å². The molecular weight excluding hydrogens is 471 g/mol. The number of halogens is 2. The zero-order valence-corrected chi connectivity index (χ0v) is 20.6. The normalized spacial score (nSPS) is 13.2. The lowest BCUT2D eigenvalue weighted by atomic mass is 10.1. The van der Waals surface area contributed by atoms with Gasteiger partial charge in [0.1, 0.15) is 0 Å². The molecule has 0 saturated heterocycles. The Morgan fingerprint density at radius 1 is 1.00 bits per heavy atom. The molecule has 2 aromatic carbocycles. The molecule has 0 saturated carbocycles. The maximum Gasteiger partial charge on any atom is 0.260 e. The lowest BCUT2D eigenvalue weighted by Crippen LogP contribution is -2.33. The number of hydrogen-bond donors (Lipinski definition) is 0. The summed E-state index contributed by atoms with van der Waals surface area (Å²) >= 11 is 13.6. The van der Waals surface area contributed by atoms with E-state index in [1.165, 1.54) is 11.8 Å². The van der Waals surface area contributed by atoms with Crippen LogP contribution in [0.2, 0.25) is 10.0 Å². The van der Waals surface area contributed by atoms with E-state index in [9.17, 15) is 4.79 Å². The van der Waals surface area contributed by atoms with Crippen LogP contribution in [0.1, 0.15) is 36.7 Å². The van der Waals surface area contributed by atoms with E-state index < -0.39 is 0 Å². The first-order valence-electron chi connectivity index (χ1n) is 10.5. The molecule has 0 unspecified atom stereocenters. The van der Waals surface area contributed by atoms with Crippen LogP contribution < -0.4 is 14.2 Å². The zero-order valence-electron chi connectivity index (χ0n) is 18.3. The van der Waals surface area contributed by atoms with Gasteiger partial charge >= 0.3 is 0 Å². The summed E-state index contributed by atoms with van der Waals surface area (Å²) in [4.78, 5) is 19.6. The van der Waals surface area contributed by atoms with Gasteiger partial charge in [-0.1, -0.05) is 41.0 Å². The highest BCUT2D eigenvalue weighted by molar-refractivity contribution is 8.13. The molecule has 2 aromatic rings. The lowest BCUT2D eigenvalue weighted by molar-refractivity contribution is 0.0859. The predicted molar refractivity (Wildman–Crippen MR) is 131 cm³/mol. The maximum absolute atomic E-state index is 13.4. The summed E-state index contributed by atoms with van der Waals surface area (Å²) in [5, 5.41) is 1.69. The molecule has 0 aromatic heterocycles. The average molecular weight is 497 g/mol. The van der Waals surface area contributed by atoms with Crippen molar-refractivity contribution in [1.82, 2.24) is 4.90 Å². The van der Waals surface area contributed by atoms with Gasteiger partial charge in [-0.05, 0) is 50.6 Å². The van der Waals surface area contributed by atoms with Gasteiger partial charge in [0.15, 0.2) is 16.7 Å². The van der Waals surface area contributed by atoms with Crippen molar-refractivity contribution in [3.63, 3.8) is 0 Å². The summed E-state index contributed by atoms with van der Waals surface area (Å²) in [5.41, 5.74) is 1.47. The Kier molecular flexibility index (Phi) is 8.96. The van der Waals surface area contributed by atoms with Gasteiger partial charge in [-0.15, -0.1) is 0 Å². The Morgan fingerprint density at radius 3 is 2.25 bits per heavy atom. The minimum atomic E-state index is -0.159. The molecule has 3 rings (SSSR count). The number of nitrogens with zero attached hydrogens (tertiary/aromatic N) is 2. The Balaban J connectivity index is 1.81. The second kappa shape index (κ2) is 11.7. The Morgan fingerprint density at radius 2 is 1.66 bits per heavy atom. The molecule has 1 aliphatic heterocycles. The van der Waals surface area contributed by atoms with E-state index in [0.29, 0.717) is 76.7 Å². The Bertz CT molecular complexity index is 973. The van der Waals surface area contributed by atoms with Crippen molar-refractivity contribution in [2.45, 2.75) is 26.5 Å². The molecule has 0 N–H and O–H groups in total. The Hall–Kier alpha value is -2.09. The van der Waals surface area contributed by atoms with E-state index in [4.69, 9.17) is 37.4 Å². The van der Waals surface area contributed by atoms with Crippen LogP contribution in [0.25, 0.3) is 0 Å². The summed E-state index contributed by atoms with van der Waals surface area (Å²) < 4.78 is 17.2. The fraction of sp³-hybridized carbons (Fsp3) is 0.391. The quantitative estimate of drug-likeness (QED) is 0.430. The molecule has 1 aliphatic rings. The number of rotatable bonds is 9. The van der Waals surface area contributed by atoms with Gasteiger partial charge in [-0.2, -0.15) is 0 Å². The van der Waals surface area contributed by atoms with Gasteiger partial charge in [0.25, 0.3) is 5.91 Å². The van der Waals surface area contributed by atoms with E-state index in [2.05, 4.69) is 4.99 Å². The molecule has 0 fully saturated rings. The molecular formula is C23H26Cl2N2O4S. The van der Waals surface area contributed by atoms with E-state index in [1.807, 2.05) is 32.9 Å². The molecule has 0 atom stereocenters. The van der Waals surface area contributed by atoms with Crippen molar-refractivity contribution < 1.29 is 19.0 Å². The summed E-state index contributed by atoms with van der Waals surface area (Å²) in [6, 6.07) is 8.92. The number of ether oxygens (including phenoxy) is 3. The Labute approximate surface area is 202 Å². The first kappa shape index (κ1) is 24.6. The van der Waals surface area contributed by atoms with Gasteiger partial charge in [0, 0.05) is 17.9 Å². The minimum Gasteiger partial charge on any atom is -0.490 e. The van der Waals surface area contributed by atoms with Crippen molar-refractivity contribution in [1.29, 1.82) is 0 Å². The topological polar surface area (TPSA) is 60.4 Å². The predicted octanol–water partition coefficient (Wildman–Crippen LogP) is 5.93. The summed E-state index contributed by atoms with van der Waals surface area (Å²) in [7, 11) is 0. The summed E-state index contributed by atoms with van der Waals surface area (Å²) in [5.74, 6) is 1.96. The van der Waals surface area contributed by atoms with Gasteiger partial charge in [0.05, 0.1) is 36.4 Å². The van der Waals surface area contributed by atoms with Crippen LogP contribution in [0, 0.1) is 0 Å². The van der Waals surface area contributed by atoms with Crippen molar-refractivity contribution in [2.75, 3.05) is 32.9 Å². The van der Waals surface area contributed by atoms with Crippen LogP contribution >= 0.6 is 35.0 Å². The highest BCUT2D eigenvalue weighted by Gasteiger charge is 2.27. The smallest absolute Gasteiger partial charge is 0.260 e. The number of amidine groups is 1. The lowest BCUT2D eigenvalue weighted by Gasteiger charge is -2.21. The fourth-order valence-electron chi connectivity index (χ4n) is 3.18. The van der Waals surface area contributed by atoms with Crippen molar-refractivity contribution in [2.24, 2.45) is 4.99 Å². The maximum atomic E-state index is 13.4. The summed E-state index contributed by atoms with van der Waals surface area (Å²) in [6.45, 7) is 8.08. The number of benzene rings is 2. The number of carbonyl (C=O) groups is 1. The van der Waals surface area contributed by atoms with E-state index in [1.54, 1.807) is 23.1 Å². The molecule has 0 spiro atoms. The fourth-order valence-corrected chi connectivity index (χ4v) is 4.49. The standard InChI is InChI=1S/C23H26Cl2N2O4S/c1-4-29-19-12-16(13-20(30-5-2)21(19)31-6-3)22(28)27-10-9-26-23(27)32-14-15-7-8-17(24)18(25)11-15/h7-8,11-13H,4-6,9-10,14H2,1-3H3. The molecule has 0 aliphatic carbocycles. The highest BCUT2D eigenvalue weighted by Crippen LogP contribution is 2.39. The van der Waals surface area contributed by atoms with Crippen LogP contribution in [0.15, 0.2) is 35.3 Å². The SMILES string of the molecule is CCOc1cc(C(=O)N2CCN=C2SCc2ccc(Cl)c(Cl)c2)cc(OCC)c1OCC. The molecule has 0 bridgehead atoms. The third-order valence-corrected chi connectivity index (χ3v) is 6.38. The van der Waals surface area contributed by atoms with Gasteiger partial charge < -0.3 is 14.2 Å². The van der Waals surface area contributed by atoms with Gasteiger partial charge in [-0.25, -0.2) is 0 Å². The van der Waals surface area contributed by atoms with E-state index >= 15 is 0 Å².